The van der Waals surface area contributed by atoms with Gasteiger partial charge < -0.3 is 29.1 Å². The first-order chi connectivity index (χ1) is 19.9. The maximum absolute atomic E-state index is 14.0. The number of aromatic nitrogens is 2. The van der Waals surface area contributed by atoms with Gasteiger partial charge in [-0.05, 0) is 42.9 Å². The number of amides is 3. The van der Waals surface area contributed by atoms with E-state index < -0.39 is 54.6 Å². The summed E-state index contributed by atoms with van der Waals surface area (Å²) in [5.74, 6) is -3.71. The van der Waals surface area contributed by atoms with Crippen LogP contribution < -0.4 is 10.6 Å². The normalized spacial score (nSPS) is 21.0. The Labute approximate surface area is 237 Å². The molecule has 2 aromatic heterocycles. The van der Waals surface area contributed by atoms with Gasteiger partial charge in [-0.1, -0.05) is 13.0 Å². The number of methoxy groups -OCH3 is 1. The molecule has 2 fully saturated rings. The first-order valence-corrected chi connectivity index (χ1v) is 13.5. The molecule has 0 spiro atoms. The van der Waals surface area contributed by atoms with Crippen molar-refractivity contribution in [3.63, 3.8) is 0 Å². The number of nitrogens with one attached hydrogen (secondary N) is 2. The predicted octanol–water partition coefficient (Wildman–Crippen LogP) is 5.32. The Hall–Kier alpha value is -3.75. The number of oxazole rings is 2. The van der Waals surface area contributed by atoms with Gasteiger partial charge in [0.25, 0.3) is 5.91 Å². The highest BCUT2D eigenvalue weighted by Gasteiger charge is 2.48. The van der Waals surface area contributed by atoms with Gasteiger partial charge in [0.1, 0.15) is 17.6 Å². The standard InChI is InChI=1S/C27H30F5N5O5/c1-3-16-22(41-13-33-16)23(38)36-21(14-6-8-26(28,29)9-7-14)24-34-17-10-15(4-5-19(17)42-24)18(12-40-2)37-11-20(27(30,31)32)35-25(37)39/h4-5,10,13-14,18,20-21H,3,6-9,11-12H2,1-2H3,(H,35,39)(H,36,38)/t18-,20+,21+/m1/s1. The maximum Gasteiger partial charge on any atom is 0.410 e. The number of rotatable bonds is 9. The number of hydrogen-bond donors (Lipinski definition) is 2. The molecular weight excluding hydrogens is 569 g/mol. The summed E-state index contributed by atoms with van der Waals surface area (Å²) >= 11 is 0. The van der Waals surface area contributed by atoms with Crippen LogP contribution in [-0.2, 0) is 11.2 Å². The molecule has 3 heterocycles. The molecule has 1 aliphatic carbocycles. The minimum absolute atomic E-state index is 0.00509. The van der Waals surface area contributed by atoms with Crippen LogP contribution in [0.3, 0.4) is 0 Å². The van der Waals surface area contributed by atoms with Gasteiger partial charge in [0.05, 0.1) is 24.9 Å². The number of halogens is 5. The highest BCUT2D eigenvalue weighted by molar-refractivity contribution is 5.92. The second-order valence-electron chi connectivity index (χ2n) is 10.6. The van der Waals surface area contributed by atoms with Crippen molar-refractivity contribution in [3.05, 3.63) is 47.5 Å². The van der Waals surface area contributed by atoms with Crippen molar-refractivity contribution < 1.29 is 45.1 Å². The van der Waals surface area contributed by atoms with Crippen LogP contribution in [0.5, 0.6) is 0 Å². The molecule has 2 N–H and O–H groups in total. The van der Waals surface area contributed by atoms with Gasteiger partial charge in [0.2, 0.25) is 17.6 Å². The Morgan fingerprint density at radius 3 is 2.67 bits per heavy atom. The Kier molecular flexibility index (Phi) is 8.14. The Morgan fingerprint density at radius 2 is 2.02 bits per heavy atom. The van der Waals surface area contributed by atoms with Crippen LogP contribution in [0.2, 0.25) is 0 Å². The predicted molar refractivity (Wildman–Crippen MR) is 137 cm³/mol. The number of ether oxygens (including phenoxy) is 1. The lowest BCUT2D eigenvalue weighted by molar-refractivity contribution is -0.150. The van der Waals surface area contributed by atoms with E-state index in [9.17, 15) is 31.5 Å². The zero-order valence-corrected chi connectivity index (χ0v) is 22.8. The van der Waals surface area contributed by atoms with E-state index >= 15 is 0 Å². The number of carbonyl (C=O) groups excluding carboxylic acids is 2. The number of nitrogens with zero attached hydrogens (tertiary/aromatic N) is 3. The number of benzene rings is 1. The van der Waals surface area contributed by atoms with Crippen LogP contribution in [0, 0.1) is 5.92 Å². The van der Waals surface area contributed by atoms with Gasteiger partial charge in [0, 0.05) is 20.0 Å². The zero-order valence-electron chi connectivity index (χ0n) is 22.8. The molecule has 3 atom stereocenters. The Balaban J connectivity index is 1.45. The van der Waals surface area contributed by atoms with E-state index in [0.29, 0.717) is 28.8 Å². The molecule has 10 nitrogen and oxygen atoms in total. The van der Waals surface area contributed by atoms with E-state index in [1.807, 2.05) is 5.32 Å². The summed E-state index contributed by atoms with van der Waals surface area (Å²) < 4.78 is 84.3. The van der Waals surface area contributed by atoms with Gasteiger partial charge in [-0.15, -0.1) is 0 Å². The van der Waals surface area contributed by atoms with E-state index in [1.54, 1.807) is 25.1 Å². The highest BCUT2D eigenvalue weighted by Crippen LogP contribution is 2.42. The van der Waals surface area contributed by atoms with Gasteiger partial charge >= 0.3 is 12.2 Å². The van der Waals surface area contributed by atoms with Crippen molar-refractivity contribution >= 4 is 23.0 Å². The number of hydrogen-bond acceptors (Lipinski definition) is 7. The number of aryl methyl sites for hydroxylation is 1. The molecule has 2 aliphatic rings. The third-order valence-corrected chi connectivity index (χ3v) is 7.81. The summed E-state index contributed by atoms with van der Waals surface area (Å²) in [4.78, 5) is 35.2. The average molecular weight is 600 g/mol. The summed E-state index contributed by atoms with van der Waals surface area (Å²) in [6.45, 7) is 1.13. The lowest BCUT2D eigenvalue weighted by Gasteiger charge is -2.32. The van der Waals surface area contributed by atoms with Crippen molar-refractivity contribution in [2.24, 2.45) is 5.92 Å². The molecule has 42 heavy (non-hydrogen) atoms. The topological polar surface area (TPSA) is 123 Å². The van der Waals surface area contributed by atoms with Gasteiger partial charge in [-0.25, -0.2) is 23.5 Å². The molecule has 1 aliphatic heterocycles. The van der Waals surface area contributed by atoms with Crippen molar-refractivity contribution in [3.8, 4) is 0 Å². The molecule has 3 amide bonds. The third kappa shape index (κ3) is 6.05. The SMILES string of the molecule is CCc1ncoc1C(=O)N[C@H](c1nc2cc([C@@H](COC)N3C[C@@H](C(F)(F)F)NC3=O)ccc2o1)C1CCC(F)(F)CC1. The minimum Gasteiger partial charge on any atom is -0.438 e. The van der Waals surface area contributed by atoms with Crippen LogP contribution in [0.25, 0.3) is 11.1 Å². The molecule has 1 saturated carbocycles. The van der Waals surface area contributed by atoms with Crippen LogP contribution in [0.1, 0.15) is 72.4 Å². The van der Waals surface area contributed by atoms with Crippen LogP contribution in [0.15, 0.2) is 33.4 Å². The molecule has 3 aromatic rings. The summed E-state index contributed by atoms with van der Waals surface area (Å²) in [6, 6.07) is 0.0880. The second kappa shape index (κ2) is 11.5. The van der Waals surface area contributed by atoms with E-state index in [0.717, 1.165) is 11.3 Å². The second-order valence-corrected chi connectivity index (χ2v) is 10.6. The Bertz CT molecular complexity index is 1430. The maximum atomic E-state index is 14.0. The minimum atomic E-state index is -4.61. The van der Waals surface area contributed by atoms with E-state index in [2.05, 4.69) is 15.3 Å². The molecule has 0 radical (unpaired) electrons. The van der Waals surface area contributed by atoms with Gasteiger partial charge in [-0.3, -0.25) is 4.79 Å². The summed E-state index contributed by atoms with van der Waals surface area (Å²) in [5.41, 5.74) is 1.50. The number of alkyl halides is 5. The summed E-state index contributed by atoms with van der Waals surface area (Å²) in [6.07, 6.45) is -3.51. The van der Waals surface area contributed by atoms with Crippen LogP contribution in [-0.4, -0.2) is 65.2 Å². The largest absolute Gasteiger partial charge is 0.438 e. The van der Waals surface area contributed by atoms with Gasteiger partial charge in [-0.2, -0.15) is 13.2 Å². The molecule has 0 unspecified atom stereocenters. The fourth-order valence-corrected chi connectivity index (χ4v) is 5.53. The Morgan fingerprint density at radius 1 is 1.29 bits per heavy atom. The summed E-state index contributed by atoms with van der Waals surface area (Å²) in [5, 5.41) is 4.79. The highest BCUT2D eigenvalue weighted by atomic mass is 19.4. The average Bonchev–Trinajstić information content (AvgIpc) is 3.68. The molecule has 5 rings (SSSR count). The monoisotopic (exact) mass is 599 g/mol. The molecule has 228 valence electrons. The quantitative estimate of drug-likeness (QED) is 0.319. The fourth-order valence-electron chi connectivity index (χ4n) is 5.53. The molecular formula is C27H30F5N5O5. The number of urea groups is 1. The van der Waals surface area contributed by atoms with Crippen LogP contribution in [0.4, 0.5) is 26.7 Å². The lowest BCUT2D eigenvalue weighted by Crippen LogP contribution is -2.40. The van der Waals surface area contributed by atoms with E-state index in [4.69, 9.17) is 13.6 Å². The van der Waals surface area contributed by atoms with Crippen molar-refractivity contribution in [2.45, 2.75) is 69.3 Å². The first-order valence-electron chi connectivity index (χ1n) is 13.5. The smallest absolute Gasteiger partial charge is 0.410 e. The number of fused-ring (bicyclic) bond motifs is 1. The van der Waals surface area contributed by atoms with Crippen molar-refractivity contribution in [2.75, 3.05) is 20.3 Å². The molecule has 0 bridgehead atoms. The molecule has 1 aromatic carbocycles. The molecule has 15 heteroatoms. The number of carbonyl (C=O) groups is 2. The van der Waals surface area contributed by atoms with E-state index in [-0.39, 0.29) is 43.9 Å². The fraction of sp³-hybridized carbons (Fsp3) is 0.556. The molecule has 1 saturated heterocycles. The van der Waals surface area contributed by atoms with Crippen molar-refractivity contribution in [1.29, 1.82) is 0 Å². The third-order valence-electron chi connectivity index (χ3n) is 7.81. The van der Waals surface area contributed by atoms with E-state index in [1.165, 1.54) is 7.11 Å². The van der Waals surface area contributed by atoms with Gasteiger partial charge in [0.15, 0.2) is 12.0 Å². The summed E-state index contributed by atoms with van der Waals surface area (Å²) in [7, 11) is 1.37. The van der Waals surface area contributed by atoms with Crippen molar-refractivity contribution in [1.82, 2.24) is 25.5 Å². The first kappa shape index (κ1) is 29.7. The lowest BCUT2D eigenvalue weighted by atomic mass is 9.82. The van der Waals surface area contributed by atoms with Crippen LogP contribution >= 0.6 is 0 Å². The zero-order chi connectivity index (χ0) is 30.2.